The van der Waals surface area contributed by atoms with E-state index < -0.39 is 24.9 Å². The monoisotopic (exact) mass is 233 g/mol. The lowest BCUT2D eigenvalue weighted by atomic mass is 10.1. The van der Waals surface area contributed by atoms with Crippen molar-refractivity contribution in [1.29, 1.82) is 0 Å². The zero-order valence-corrected chi connectivity index (χ0v) is 8.83. The van der Waals surface area contributed by atoms with Crippen LogP contribution in [0.3, 0.4) is 0 Å². The van der Waals surface area contributed by atoms with E-state index in [4.69, 9.17) is 5.11 Å². The number of aliphatic hydroxyl groups is 1. The number of nitrogens with one attached hydrogen (secondary N) is 1. The highest BCUT2D eigenvalue weighted by Gasteiger charge is 2.39. The van der Waals surface area contributed by atoms with Crippen molar-refractivity contribution in [2.75, 3.05) is 6.61 Å². The lowest BCUT2D eigenvalue weighted by molar-refractivity contribution is -0.165. The Hall–Kier alpha value is -1.07. The molecular weight excluding hydrogens is 219 g/mol. The van der Waals surface area contributed by atoms with Crippen LogP contribution in [0.4, 0.5) is 13.2 Å². The molecule has 1 aromatic carbocycles. The molecule has 0 spiro atoms. The molecule has 0 radical (unpaired) electrons. The normalized spacial score (nSPS) is 15.8. The summed E-state index contributed by atoms with van der Waals surface area (Å²) in [5, 5.41) is 11.0. The highest BCUT2D eigenvalue weighted by Crippen LogP contribution is 2.22. The summed E-state index contributed by atoms with van der Waals surface area (Å²) in [6.45, 7) is 0.671. The van der Waals surface area contributed by atoms with Gasteiger partial charge in [-0.05, 0) is 12.5 Å². The third kappa shape index (κ3) is 3.50. The Balaban J connectivity index is 2.67. The summed E-state index contributed by atoms with van der Waals surface area (Å²) >= 11 is 0. The average molecular weight is 233 g/mol. The topological polar surface area (TPSA) is 32.3 Å². The van der Waals surface area contributed by atoms with Crippen LogP contribution >= 0.6 is 0 Å². The predicted molar refractivity (Wildman–Crippen MR) is 54.9 cm³/mol. The van der Waals surface area contributed by atoms with Gasteiger partial charge in [0.15, 0.2) is 0 Å². The molecule has 5 heteroatoms. The van der Waals surface area contributed by atoms with E-state index in [1.165, 1.54) is 0 Å². The van der Waals surface area contributed by atoms with E-state index in [-0.39, 0.29) is 0 Å². The first-order valence-electron chi connectivity index (χ1n) is 4.93. The summed E-state index contributed by atoms with van der Waals surface area (Å²) < 4.78 is 37.1. The SMILES string of the molecule is C[C@H](N[C@@H](CO)C(F)(F)F)c1ccccc1. The van der Waals surface area contributed by atoms with E-state index in [9.17, 15) is 13.2 Å². The van der Waals surface area contributed by atoms with E-state index in [1.807, 2.05) is 0 Å². The highest BCUT2D eigenvalue weighted by molar-refractivity contribution is 5.18. The molecule has 0 unspecified atom stereocenters. The van der Waals surface area contributed by atoms with Crippen molar-refractivity contribution < 1.29 is 18.3 Å². The first-order valence-corrected chi connectivity index (χ1v) is 4.93. The number of benzene rings is 1. The molecular formula is C11H14F3NO. The minimum absolute atomic E-state index is 0.458. The van der Waals surface area contributed by atoms with Gasteiger partial charge in [-0.25, -0.2) is 0 Å². The van der Waals surface area contributed by atoms with Gasteiger partial charge in [-0.2, -0.15) is 13.2 Å². The molecule has 0 heterocycles. The molecule has 0 fully saturated rings. The zero-order valence-electron chi connectivity index (χ0n) is 8.83. The maximum atomic E-state index is 12.4. The maximum absolute atomic E-state index is 12.4. The van der Waals surface area contributed by atoms with E-state index >= 15 is 0 Å². The van der Waals surface area contributed by atoms with Crippen LogP contribution < -0.4 is 5.32 Å². The van der Waals surface area contributed by atoms with Gasteiger partial charge in [0.05, 0.1) is 6.61 Å². The van der Waals surface area contributed by atoms with Gasteiger partial charge in [0.1, 0.15) is 6.04 Å². The molecule has 90 valence electrons. The quantitative estimate of drug-likeness (QED) is 0.836. The minimum atomic E-state index is -4.43. The van der Waals surface area contributed by atoms with Gasteiger partial charge in [-0.3, -0.25) is 5.32 Å². The molecule has 0 aliphatic rings. The molecule has 1 rings (SSSR count). The molecule has 0 saturated heterocycles. The van der Waals surface area contributed by atoms with Crippen LogP contribution in [0.1, 0.15) is 18.5 Å². The molecule has 0 saturated carbocycles. The molecule has 1 aromatic rings. The first kappa shape index (κ1) is 13.0. The standard InChI is InChI=1S/C11H14F3NO/c1-8(9-5-3-2-4-6-9)15-10(7-16)11(12,13)14/h2-6,8,10,15-16H,7H2,1H3/t8-,10-/m0/s1. The first-order chi connectivity index (χ1) is 7.45. The van der Waals surface area contributed by atoms with Gasteiger partial charge in [0.25, 0.3) is 0 Å². The van der Waals surface area contributed by atoms with Crippen molar-refractivity contribution in [1.82, 2.24) is 5.32 Å². The fourth-order valence-corrected chi connectivity index (χ4v) is 1.39. The Morgan fingerprint density at radius 2 is 1.81 bits per heavy atom. The Kier molecular flexibility index (Phi) is 4.32. The van der Waals surface area contributed by atoms with E-state index in [1.54, 1.807) is 37.3 Å². The van der Waals surface area contributed by atoms with Gasteiger partial charge in [-0.15, -0.1) is 0 Å². The second-order valence-electron chi connectivity index (χ2n) is 3.58. The zero-order chi connectivity index (χ0) is 12.2. The van der Waals surface area contributed by atoms with Crippen LogP contribution in [0, 0.1) is 0 Å². The molecule has 0 aromatic heterocycles. The fourth-order valence-electron chi connectivity index (χ4n) is 1.39. The van der Waals surface area contributed by atoms with Crippen LogP contribution in [0.15, 0.2) is 30.3 Å². The van der Waals surface area contributed by atoms with Crippen LogP contribution in [0.2, 0.25) is 0 Å². The second-order valence-corrected chi connectivity index (χ2v) is 3.58. The van der Waals surface area contributed by atoms with Gasteiger partial charge in [-0.1, -0.05) is 30.3 Å². The molecule has 0 aliphatic carbocycles. The lowest BCUT2D eigenvalue weighted by Crippen LogP contribution is -2.45. The van der Waals surface area contributed by atoms with Crippen molar-refractivity contribution in [3.8, 4) is 0 Å². The summed E-state index contributed by atoms with van der Waals surface area (Å²) in [6.07, 6.45) is -4.43. The van der Waals surface area contributed by atoms with Gasteiger partial charge in [0.2, 0.25) is 0 Å². The van der Waals surface area contributed by atoms with Crippen LogP contribution in [0.5, 0.6) is 0 Å². The van der Waals surface area contributed by atoms with Gasteiger partial charge >= 0.3 is 6.18 Å². The van der Waals surface area contributed by atoms with E-state index in [0.29, 0.717) is 0 Å². The summed E-state index contributed by atoms with van der Waals surface area (Å²) in [4.78, 5) is 0. The lowest BCUT2D eigenvalue weighted by Gasteiger charge is -2.24. The molecule has 2 N–H and O–H groups in total. The second kappa shape index (κ2) is 5.32. The maximum Gasteiger partial charge on any atom is 0.406 e. The molecule has 0 bridgehead atoms. The number of hydrogen-bond acceptors (Lipinski definition) is 2. The van der Waals surface area contributed by atoms with Crippen molar-refractivity contribution >= 4 is 0 Å². The number of aliphatic hydroxyl groups excluding tert-OH is 1. The van der Waals surface area contributed by atoms with Crippen molar-refractivity contribution in [2.45, 2.75) is 25.2 Å². The molecule has 0 amide bonds. The Labute approximate surface area is 92.1 Å². The average Bonchev–Trinajstić information content (AvgIpc) is 2.25. The predicted octanol–water partition coefficient (Wildman–Crippen LogP) is 2.26. The highest BCUT2D eigenvalue weighted by atomic mass is 19.4. The number of hydrogen-bond donors (Lipinski definition) is 2. The van der Waals surface area contributed by atoms with Crippen molar-refractivity contribution in [3.05, 3.63) is 35.9 Å². The van der Waals surface area contributed by atoms with Crippen molar-refractivity contribution in [2.24, 2.45) is 0 Å². The minimum Gasteiger partial charge on any atom is -0.394 e. The summed E-state index contributed by atoms with van der Waals surface area (Å²) in [5.41, 5.74) is 0.755. The third-order valence-corrected chi connectivity index (χ3v) is 2.33. The van der Waals surface area contributed by atoms with Gasteiger partial charge < -0.3 is 5.11 Å². The third-order valence-electron chi connectivity index (χ3n) is 2.33. The van der Waals surface area contributed by atoms with Crippen molar-refractivity contribution in [3.63, 3.8) is 0 Å². The van der Waals surface area contributed by atoms with E-state index in [2.05, 4.69) is 5.32 Å². The summed E-state index contributed by atoms with van der Waals surface area (Å²) in [6, 6.07) is 6.45. The molecule has 2 nitrogen and oxygen atoms in total. The molecule has 16 heavy (non-hydrogen) atoms. The number of alkyl halides is 3. The van der Waals surface area contributed by atoms with Crippen LogP contribution in [0.25, 0.3) is 0 Å². The van der Waals surface area contributed by atoms with Crippen LogP contribution in [-0.2, 0) is 0 Å². The summed E-state index contributed by atoms with van der Waals surface area (Å²) in [5.74, 6) is 0. The number of rotatable bonds is 4. The van der Waals surface area contributed by atoms with Gasteiger partial charge in [0, 0.05) is 6.04 Å². The Bertz CT molecular complexity index is 313. The van der Waals surface area contributed by atoms with Crippen LogP contribution in [-0.4, -0.2) is 23.9 Å². The Morgan fingerprint density at radius 3 is 2.25 bits per heavy atom. The molecule has 2 atom stereocenters. The fraction of sp³-hybridized carbons (Fsp3) is 0.455. The Morgan fingerprint density at radius 1 is 1.25 bits per heavy atom. The molecule has 0 aliphatic heterocycles. The number of halogens is 3. The summed E-state index contributed by atoms with van der Waals surface area (Å²) in [7, 11) is 0. The smallest absolute Gasteiger partial charge is 0.394 e. The van der Waals surface area contributed by atoms with E-state index in [0.717, 1.165) is 5.56 Å². The largest absolute Gasteiger partial charge is 0.406 e.